The van der Waals surface area contributed by atoms with E-state index in [0.717, 1.165) is 53.8 Å². The highest BCUT2D eigenvalue weighted by atomic mass is 32.2. The second-order valence-corrected chi connectivity index (χ2v) is 11.0. The van der Waals surface area contributed by atoms with Gasteiger partial charge in [-0.2, -0.15) is 0 Å². The highest BCUT2D eigenvalue weighted by Crippen LogP contribution is 2.32. The van der Waals surface area contributed by atoms with Gasteiger partial charge in [-0.15, -0.1) is 11.3 Å². The second kappa shape index (κ2) is 8.80. The van der Waals surface area contributed by atoms with Crippen molar-refractivity contribution in [2.45, 2.75) is 15.0 Å². The Morgan fingerprint density at radius 1 is 1.00 bits per heavy atom. The smallest absolute Gasteiger partial charge is 0.240 e. The molecule has 3 rings (SSSR count). The van der Waals surface area contributed by atoms with Crippen molar-refractivity contribution >= 4 is 31.2 Å². The fourth-order valence-corrected chi connectivity index (χ4v) is 6.66. The summed E-state index contributed by atoms with van der Waals surface area (Å²) in [5, 5.41) is 0.413. The highest BCUT2D eigenvalue weighted by Gasteiger charge is 2.31. The van der Waals surface area contributed by atoms with Gasteiger partial charge in [-0.1, -0.05) is 6.07 Å². The number of sulfonamides is 1. The van der Waals surface area contributed by atoms with Crippen LogP contribution in [0.15, 0.2) is 69.8 Å². The molecule has 1 heterocycles. The maximum absolute atomic E-state index is 13.9. The topological polar surface area (TPSA) is 89.5 Å². The molecule has 6 nitrogen and oxygen atoms in total. The molecule has 0 fully saturated rings. The van der Waals surface area contributed by atoms with Gasteiger partial charge in [0, 0.05) is 11.4 Å². The highest BCUT2D eigenvalue weighted by molar-refractivity contribution is 7.92. The standard InChI is InChI=1S/C19H17F2NO5S3/c1-27-17-9-8-15(11-16(17)21)30(25,26)22-12-19(18-3-2-10-28-18)29(23,24)14-6-4-13(20)5-7-14/h2-11,19,22H,12H2,1H3/t19-/m0/s1. The maximum atomic E-state index is 13.9. The molecule has 2 aromatic carbocycles. The van der Waals surface area contributed by atoms with Crippen molar-refractivity contribution in [2.24, 2.45) is 0 Å². The average Bonchev–Trinajstić information content (AvgIpc) is 3.22. The van der Waals surface area contributed by atoms with Crippen LogP contribution in [0.4, 0.5) is 8.78 Å². The van der Waals surface area contributed by atoms with E-state index in [9.17, 15) is 25.6 Å². The Labute approximate surface area is 177 Å². The third-order valence-corrected chi connectivity index (χ3v) is 8.92. The normalized spacial score (nSPS) is 13.2. The Morgan fingerprint density at radius 3 is 2.23 bits per heavy atom. The summed E-state index contributed by atoms with van der Waals surface area (Å²) in [6.45, 7) is -0.490. The number of benzene rings is 2. The van der Waals surface area contributed by atoms with Crippen molar-refractivity contribution in [1.29, 1.82) is 0 Å². The summed E-state index contributed by atoms with van der Waals surface area (Å²) < 4.78 is 85.5. The fourth-order valence-electron chi connectivity index (χ4n) is 2.71. The van der Waals surface area contributed by atoms with Gasteiger partial charge in [-0.25, -0.2) is 30.3 Å². The minimum Gasteiger partial charge on any atom is -0.494 e. The molecule has 0 unspecified atom stereocenters. The van der Waals surface area contributed by atoms with Crippen LogP contribution in [0.5, 0.6) is 5.75 Å². The lowest BCUT2D eigenvalue weighted by molar-refractivity contribution is 0.385. The van der Waals surface area contributed by atoms with Gasteiger partial charge in [0.25, 0.3) is 0 Å². The summed E-state index contributed by atoms with van der Waals surface area (Å²) in [7, 11) is -7.00. The molecule has 0 bridgehead atoms. The van der Waals surface area contributed by atoms with Gasteiger partial charge in [-0.3, -0.25) is 0 Å². The lowest BCUT2D eigenvalue weighted by Crippen LogP contribution is -2.31. The van der Waals surface area contributed by atoms with E-state index in [1.807, 2.05) is 0 Å². The monoisotopic (exact) mass is 473 g/mol. The predicted molar refractivity (Wildman–Crippen MR) is 109 cm³/mol. The number of hydrogen-bond acceptors (Lipinski definition) is 6. The average molecular weight is 474 g/mol. The van der Waals surface area contributed by atoms with Gasteiger partial charge >= 0.3 is 0 Å². The summed E-state index contributed by atoms with van der Waals surface area (Å²) in [6, 6.07) is 10.6. The molecule has 0 saturated carbocycles. The zero-order chi connectivity index (χ0) is 21.9. The van der Waals surface area contributed by atoms with E-state index in [2.05, 4.69) is 4.72 Å². The number of hydrogen-bond donors (Lipinski definition) is 1. The zero-order valence-corrected chi connectivity index (χ0v) is 18.0. The number of rotatable bonds is 8. The number of nitrogens with one attached hydrogen (secondary N) is 1. The number of thiophene rings is 1. The number of sulfone groups is 1. The number of halogens is 2. The van der Waals surface area contributed by atoms with Gasteiger partial charge < -0.3 is 4.74 Å². The van der Waals surface area contributed by atoms with Crippen molar-refractivity contribution in [3.8, 4) is 5.75 Å². The first-order valence-electron chi connectivity index (χ1n) is 8.51. The molecular weight excluding hydrogens is 456 g/mol. The van der Waals surface area contributed by atoms with Gasteiger partial charge in [0.1, 0.15) is 11.1 Å². The van der Waals surface area contributed by atoms with Crippen LogP contribution >= 0.6 is 11.3 Å². The van der Waals surface area contributed by atoms with E-state index in [0.29, 0.717) is 4.88 Å². The third kappa shape index (κ3) is 4.69. The molecule has 0 spiro atoms. The Balaban J connectivity index is 1.91. The summed E-state index contributed by atoms with van der Waals surface area (Å²) in [5.41, 5.74) is 0. The predicted octanol–water partition coefficient (Wildman–Crippen LogP) is 3.53. The first kappa shape index (κ1) is 22.3. The molecule has 160 valence electrons. The van der Waals surface area contributed by atoms with Gasteiger partial charge in [0.2, 0.25) is 10.0 Å². The number of ether oxygens (including phenoxy) is 1. The Morgan fingerprint density at radius 2 is 1.67 bits per heavy atom. The lowest BCUT2D eigenvalue weighted by atomic mass is 10.3. The van der Waals surface area contributed by atoms with Crippen LogP contribution in [0.2, 0.25) is 0 Å². The summed E-state index contributed by atoms with van der Waals surface area (Å²) in [6.07, 6.45) is 0. The van der Waals surface area contributed by atoms with Crippen molar-refractivity contribution in [1.82, 2.24) is 4.72 Å². The molecule has 11 heteroatoms. The molecular formula is C19H17F2NO5S3. The quantitative estimate of drug-likeness (QED) is 0.506. The summed E-state index contributed by atoms with van der Waals surface area (Å²) in [4.78, 5) is -0.107. The Hall–Kier alpha value is -2.34. The van der Waals surface area contributed by atoms with Crippen molar-refractivity contribution < 1.29 is 30.4 Å². The Kier molecular flexibility index (Phi) is 6.56. The van der Waals surface area contributed by atoms with E-state index < -0.39 is 43.3 Å². The molecule has 1 N–H and O–H groups in total. The molecule has 0 saturated heterocycles. The largest absolute Gasteiger partial charge is 0.494 e. The zero-order valence-electron chi connectivity index (χ0n) is 15.6. The molecule has 0 radical (unpaired) electrons. The van der Waals surface area contributed by atoms with Crippen LogP contribution in [-0.4, -0.2) is 30.5 Å². The molecule has 1 atom stereocenters. The Bertz CT molecular complexity index is 1230. The molecule has 0 amide bonds. The number of methoxy groups -OCH3 is 1. The minimum absolute atomic E-state index is 0.121. The first-order chi connectivity index (χ1) is 14.1. The van der Waals surface area contributed by atoms with Crippen molar-refractivity contribution in [2.75, 3.05) is 13.7 Å². The molecule has 0 aliphatic rings. The summed E-state index contributed by atoms with van der Waals surface area (Å²) in [5.74, 6) is -1.58. The molecule has 1 aromatic heterocycles. The van der Waals surface area contributed by atoms with Crippen LogP contribution in [-0.2, 0) is 19.9 Å². The van der Waals surface area contributed by atoms with E-state index in [1.54, 1.807) is 17.5 Å². The van der Waals surface area contributed by atoms with Crippen LogP contribution in [0.1, 0.15) is 10.1 Å². The van der Waals surface area contributed by atoms with E-state index in [1.165, 1.54) is 7.11 Å². The fraction of sp³-hybridized carbons (Fsp3) is 0.158. The van der Waals surface area contributed by atoms with Gasteiger partial charge in [0.05, 0.1) is 16.9 Å². The van der Waals surface area contributed by atoms with Crippen molar-refractivity contribution in [3.05, 3.63) is 76.5 Å². The lowest BCUT2D eigenvalue weighted by Gasteiger charge is -2.18. The van der Waals surface area contributed by atoms with E-state index in [-0.39, 0.29) is 15.5 Å². The van der Waals surface area contributed by atoms with E-state index in [4.69, 9.17) is 4.74 Å². The van der Waals surface area contributed by atoms with Crippen LogP contribution < -0.4 is 9.46 Å². The minimum atomic E-state index is -4.21. The molecule has 0 aliphatic heterocycles. The van der Waals surface area contributed by atoms with Crippen LogP contribution in [0, 0.1) is 11.6 Å². The molecule has 30 heavy (non-hydrogen) atoms. The van der Waals surface area contributed by atoms with Crippen LogP contribution in [0.3, 0.4) is 0 Å². The van der Waals surface area contributed by atoms with E-state index >= 15 is 0 Å². The summed E-state index contributed by atoms with van der Waals surface area (Å²) >= 11 is 1.14. The first-order valence-corrected chi connectivity index (χ1v) is 12.4. The molecule has 0 aliphatic carbocycles. The van der Waals surface area contributed by atoms with Crippen molar-refractivity contribution in [3.63, 3.8) is 0 Å². The maximum Gasteiger partial charge on any atom is 0.240 e. The van der Waals surface area contributed by atoms with Gasteiger partial charge in [-0.05, 0) is 53.9 Å². The third-order valence-electron chi connectivity index (χ3n) is 4.27. The van der Waals surface area contributed by atoms with Gasteiger partial charge in [0.15, 0.2) is 21.4 Å². The molecule has 3 aromatic rings. The van der Waals surface area contributed by atoms with Crippen LogP contribution in [0.25, 0.3) is 0 Å². The second-order valence-electron chi connectivity index (χ2n) is 6.15. The SMILES string of the molecule is COc1ccc(S(=O)(=O)NC[C@@H](c2cccs2)S(=O)(=O)c2ccc(F)cc2)cc1F.